The maximum atomic E-state index is 12.2. The fourth-order valence-corrected chi connectivity index (χ4v) is 5.87. The number of sulfonamides is 1. The van der Waals surface area contributed by atoms with Crippen LogP contribution >= 0.6 is 22.9 Å². The minimum absolute atomic E-state index is 0.127. The molecule has 23 heavy (non-hydrogen) atoms. The number of benzene rings is 1. The molecule has 2 aliphatic rings. The minimum atomic E-state index is -3.06. The summed E-state index contributed by atoms with van der Waals surface area (Å²) in [7, 11) is -1.35. The van der Waals surface area contributed by atoms with Crippen LogP contribution in [0.5, 0.6) is 0 Å². The maximum Gasteiger partial charge on any atom is 0.216 e. The monoisotopic (exact) mass is 371 g/mol. The molecule has 1 saturated carbocycles. The van der Waals surface area contributed by atoms with Crippen molar-refractivity contribution >= 4 is 48.3 Å². The summed E-state index contributed by atoms with van der Waals surface area (Å²) in [6.45, 7) is 2.32. The van der Waals surface area contributed by atoms with Crippen molar-refractivity contribution in [3.8, 4) is 0 Å². The molecule has 0 spiro atoms. The van der Waals surface area contributed by atoms with E-state index in [0.29, 0.717) is 12.5 Å². The molecule has 124 valence electrons. The fraction of sp³-hybridized carbons (Fsp3) is 0.533. The Kier molecular flexibility index (Phi) is 3.79. The van der Waals surface area contributed by atoms with Crippen LogP contribution in [0.15, 0.2) is 18.2 Å². The zero-order valence-corrected chi connectivity index (χ0v) is 15.2. The Morgan fingerprint density at radius 1 is 1.39 bits per heavy atom. The molecule has 2 heterocycles. The molecule has 1 aliphatic carbocycles. The summed E-state index contributed by atoms with van der Waals surface area (Å²) in [4.78, 5) is 6.84. The van der Waals surface area contributed by atoms with Crippen molar-refractivity contribution in [2.75, 3.05) is 31.6 Å². The largest absolute Gasteiger partial charge is 0.347 e. The van der Waals surface area contributed by atoms with E-state index in [1.807, 2.05) is 18.2 Å². The minimum Gasteiger partial charge on any atom is -0.347 e. The molecule has 2 aromatic rings. The number of nitrogens with zero attached hydrogens (tertiary/aromatic N) is 3. The summed E-state index contributed by atoms with van der Waals surface area (Å²) < 4.78 is 27.0. The normalized spacial score (nSPS) is 19.5. The quantitative estimate of drug-likeness (QED) is 0.811. The van der Waals surface area contributed by atoms with Crippen molar-refractivity contribution in [2.24, 2.45) is 5.92 Å². The third-order valence-corrected chi connectivity index (χ3v) is 8.11. The molecule has 1 aromatic carbocycles. The molecule has 0 atom stereocenters. The summed E-state index contributed by atoms with van der Waals surface area (Å²) in [5, 5.41) is 1.59. The van der Waals surface area contributed by atoms with Crippen LogP contribution in [0.2, 0.25) is 5.02 Å². The van der Waals surface area contributed by atoms with Crippen molar-refractivity contribution in [3.05, 3.63) is 23.2 Å². The molecule has 8 heteroatoms. The van der Waals surface area contributed by atoms with E-state index in [1.165, 1.54) is 0 Å². The molecule has 0 amide bonds. The first-order chi connectivity index (χ1) is 10.9. The molecular formula is C15H18ClN3O2S2. The van der Waals surface area contributed by atoms with E-state index in [1.54, 1.807) is 22.7 Å². The third-order valence-electron chi connectivity index (χ3n) is 4.46. The van der Waals surface area contributed by atoms with E-state index in [2.05, 4.69) is 9.88 Å². The highest BCUT2D eigenvalue weighted by molar-refractivity contribution is 7.90. The summed E-state index contributed by atoms with van der Waals surface area (Å²) in [6.07, 6.45) is 1.63. The van der Waals surface area contributed by atoms with Crippen molar-refractivity contribution < 1.29 is 8.42 Å². The number of fused-ring (bicyclic) bond motifs is 1. The highest BCUT2D eigenvalue weighted by Crippen LogP contribution is 2.35. The zero-order valence-electron chi connectivity index (χ0n) is 12.8. The SMILES string of the molecule is CN(CC1CN(c2nc3ccc(Cl)cc3s2)C1)S(=O)(=O)C1CC1. The second kappa shape index (κ2) is 5.58. The van der Waals surface area contributed by atoms with Crippen LogP contribution in [0, 0.1) is 5.92 Å². The Morgan fingerprint density at radius 3 is 2.83 bits per heavy atom. The third kappa shape index (κ3) is 2.95. The van der Waals surface area contributed by atoms with Gasteiger partial charge in [-0.15, -0.1) is 0 Å². The molecular weight excluding hydrogens is 354 g/mol. The van der Waals surface area contributed by atoms with E-state index in [-0.39, 0.29) is 5.25 Å². The topological polar surface area (TPSA) is 53.5 Å². The lowest BCUT2D eigenvalue weighted by molar-refractivity contribution is 0.327. The van der Waals surface area contributed by atoms with Crippen LogP contribution in [0.3, 0.4) is 0 Å². The van der Waals surface area contributed by atoms with Gasteiger partial charge in [-0.05, 0) is 31.0 Å². The van der Waals surface area contributed by atoms with E-state index in [0.717, 1.165) is 46.3 Å². The van der Waals surface area contributed by atoms with Crippen molar-refractivity contribution in [3.63, 3.8) is 0 Å². The van der Waals surface area contributed by atoms with E-state index in [4.69, 9.17) is 11.6 Å². The van der Waals surface area contributed by atoms with Crippen LogP contribution in [-0.2, 0) is 10.0 Å². The average Bonchev–Trinajstić information content (AvgIpc) is 3.23. The summed E-state index contributed by atoms with van der Waals surface area (Å²) in [5.41, 5.74) is 0.964. The Morgan fingerprint density at radius 2 is 2.13 bits per heavy atom. The Hall–Kier alpha value is -0.890. The Balaban J connectivity index is 1.38. The van der Waals surface area contributed by atoms with Crippen molar-refractivity contribution in [1.29, 1.82) is 0 Å². The molecule has 0 bridgehead atoms. The van der Waals surface area contributed by atoms with Crippen LogP contribution in [0.25, 0.3) is 10.2 Å². The average molecular weight is 372 g/mol. The fourth-order valence-electron chi connectivity index (χ4n) is 2.95. The first-order valence-electron chi connectivity index (χ1n) is 7.69. The molecule has 0 unspecified atom stereocenters. The van der Waals surface area contributed by atoms with Crippen LogP contribution in [0.4, 0.5) is 5.13 Å². The summed E-state index contributed by atoms with van der Waals surface area (Å²) >= 11 is 7.65. The summed E-state index contributed by atoms with van der Waals surface area (Å²) in [5.74, 6) is 0.379. The van der Waals surface area contributed by atoms with Crippen molar-refractivity contribution in [2.45, 2.75) is 18.1 Å². The standard InChI is InChI=1S/C15H18ClN3O2S2/c1-18(23(20,21)12-3-4-12)7-10-8-19(9-10)15-17-13-5-2-11(16)6-14(13)22-15/h2,5-6,10,12H,3-4,7-9H2,1H3. The number of thiazole rings is 1. The predicted octanol–water partition coefficient (Wildman–Crippen LogP) is 2.81. The van der Waals surface area contributed by atoms with Gasteiger partial charge in [0.1, 0.15) is 0 Å². The lowest BCUT2D eigenvalue weighted by Crippen LogP contribution is -2.52. The van der Waals surface area contributed by atoms with Crippen LogP contribution in [0.1, 0.15) is 12.8 Å². The molecule has 2 fully saturated rings. The lowest BCUT2D eigenvalue weighted by Gasteiger charge is -2.40. The predicted molar refractivity (Wildman–Crippen MR) is 94.9 cm³/mol. The van der Waals surface area contributed by atoms with Gasteiger partial charge < -0.3 is 4.90 Å². The number of hydrogen-bond donors (Lipinski definition) is 0. The van der Waals surface area contributed by atoms with Gasteiger partial charge in [0.15, 0.2) is 5.13 Å². The number of halogens is 1. The molecule has 4 rings (SSSR count). The lowest BCUT2D eigenvalue weighted by atomic mass is 10.0. The number of anilines is 1. The molecule has 1 aromatic heterocycles. The number of aromatic nitrogens is 1. The molecule has 5 nitrogen and oxygen atoms in total. The maximum absolute atomic E-state index is 12.2. The van der Waals surface area contributed by atoms with Gasteiger partial charge in [-0.3, -0.25) is 0 Å². The van der Waals surface area contributed by atoms with Crippen LogP contribution in [-0.4, -0.2) is 49.6 Å². The molecule has 0 radical (unpaired) electrons. The Bertz CT molecular complexity index is 842. The van der Waals surface area contributed by atoms with Gasteiger partial charge in [-0.25, -0.2) is 17.7 Å². The second-order valence-corrected chi connectivity index (χ2v) is 10.2. The van der Waals surface area contributed by atoms with E-state index < -0.39 is 10.0 Å². The van der Waals surface area contributed by atoms with Crippen LogP contribution < -0.4 is 4.90 Å². The zero-order chi connectivity index (χ0) is 16.2. The molecule has 0 N–H and O–H groups in total. The van der Waals surface area contributed by atoms with Gasteiger partial charge in [0.25, 0.3) is 0 Å². The van der Waals surface area contributed by atoms with Gasteiger partial charge in [-0.2, -0.15) is 0 Å². The highest BCUT2D eigenvalue weighted by atomic mass is 35.5. The van der Waals surface area contributed by atoms with Gasteiger partial charge >= 0.3 is 0 Å². The number of hydrogen-bond acceptors (Lipinski definition) is 5. The van der Waals surface area contributed by atoms with Gasteiger partial charge in [0.05, 0.1) is 15.5 Å². The first kappa shape index (κ1) is 15.6. The second-order valence-electron chi connectivity index (χ2n) is 6.40. The Labute approximate surface area is 144 Å². The van der Waals surface area contributed by atoms with E-state index >= 15 is 0 Å². The van der Waals surface area contributed by atoms with Gasteiger partial charge in [0, 0.05) is 37.6 Å². The number of rotatable bonds is 5. The van der Waals surface area contributed by atoms with E-state index in [9.17, 15) is 8.42 Å². The smallest absolute Gasteiger partial charge is 0.216 e. The first-order valence-corrected chi connectivity index (χ1v) is 10.4. The van der Waals surface area contributed by atoms with Gasteiger partial charge in [-0.1, -0.05) is 22.9 Å². The summed E-state index contributed by atoms with van der Waals surface area (Å²) in [6, 6.07) is 5.72. The highest BCUT2D eigenvalue weighted by Gasteiger charge is 2.40. The molecule has 1 saturated heterocycles. The van der Waals surface area contributed by atoms with Crippen molar-refractivity contribution in [1.82, 2.24) is 9.29 Å². The van der Waals surface area contributed by atoms with Gasteiger partial charge in [0.2, 0.25) is 10.0 Å². The molecule has 1 aliphatic heterocycles.